The molecule has 18 heavy (non-hydrogen) atoms. The molecule has 0 spiro atoms. The average molecular weight is 284 g/mol. The van der Waals surface area contributed by atoms with E-state index >= 15 is 0 Å². The van der Waals surface area contributed by atoms with Crippen LogP contribution in [0.25, 0.3) is 10.7 Å². The maximum Gasteiger partial charge on any atom is 0.150 e. The Morgan fingerprint density at radius 2 is 2.28 bits per heavy atom. The third-order valence-corrected chi connectivity index (χ3v) is 5.41. The predicted molar refractivity (Wildman–Crippen MR) is 74.5 cm³/mol. The highest BCUT2D eigenvalue weighted by atomic mass is 32.2. The highest BCUT2D eigenvalue weighted by Crippen LogP contribution is 2.22. The summed E-state index contributed by atoms with van der Waals surface area (Å²) in [7, 11) is -2.87. The molecule has 0 aromatic carbocycles. The van der Waals surface area contributed by atoms with E-state index in [0.717, 1.165) is 10.7 Å². The van der Waals surface area contributed by atoms with Crippen molar-refractivity contribution in [2.24, 2.45) is 0 Å². The minimum absolute atomic E-state index is 0.217. The van der Waals surface area contributed by atoms with Crippen LogP contribution in [0.15, 0.2) is 29.9 Å². The fourth-order valence-corrected chi connectivity index (χ4v) is 3.31. The number of aromatic nitrogens is 2. The van der Waals surface area contributed by atoms with Crippen molar-refractivity contribution in [2.75, 3.05) is 11.5 Å². The summed E-state index contributed by atoms with van der Waals surface area (Å²) >= 11 is 1.64. The van der Waals surface area contributed by atoms with Crippen LogP contribution >= 0.6 is 11.3 Å². The SMILES string of the molecule is CCS(=O)(=O)CCCn1ccnc1-c1cccs1. The molecule has 6 heteroatoms. The van der Waals surface area contributed by atoms with Crippen molar-refractivity contribution in [2.45, 2.75) is 19.9 Å². The molecular formula is C12H16N2O2S2. The molecule has 4 nitrogen and oxygen atoms in total. The molecule has 0 aliphatic carbocycles. The van der Waals surface area contributed by atoms with Crippen LogP contribution in [0.3, 0.4) is 0 Å². The van der Waals surface area contributed by atoms with E-state index in [-0.39, 0.29) is 11.5 Å². The van der Waals surface area contributed by atoms with Gasteiger partial charge < -0.3 is 4.57 Å². The first-order valence-electron chi connectivity index (χ1n) is 5.88. The van der Waals surface area contributed by atoms with Gasteiger partial charge in [0.25, 0.3) is 0 Å². The molecule has 2 heterocycles. The van der Waals surface area contributed by atoms with Crippen molar-refractivity contribution in [1.82, 2.24) is 9.55 Å². The Kier molecular flexibility index (Phi) is 4.19. The second-order valence-corrected chi connectivity index (χ2v) is 7.43. The quantitative estimate of drug-likeness (QED) is 0.818. The lowest BCUT2D eigenvalue weighted by atomic mass is 10.4. The molecule has 2 rings (SSSR count). The Labute approximate surface area is 111 Å². The molecule has 0 radical (unpaired) electrons. The molecular weight excluding hydrogens is 268 g/mol. The van der Waals surface area contributed by atoms with Crippen molar-refractivity contribution in [3.8, 4) is 10.7 Å². The molecule has 0 aliphatic rings. The van der Waals surface area contributed by atoms with Crippen molar-refractivity contribution >= 4 is 21.2 Å². The lowest BCUT2D eigenvalue weighted by Gasteiger charge is -2.06. The van der Waals surface area contributed by atoms with Crippen LogP contribution in [0.1, 0.15) is 13.3 Å². The number of rotatable bonds is 6. The van der Waals surface area contributed by atoms with Crippen molar-refractivity contribution in [3.05, 3.63) is 29.9 Å². The van der Waals surface area contributed by atoms with Gasteiger partial charge in [-0.1, -0.05) is 13.0 Å². The zero-order valence-electron chi connectivity index (χ0n) is 10.2. The fourth-order valence-electron chi connectivity index (χ4n) is 1.72. The Bertz CT molecular complexity index is 585. The van der Waals surface area contributed by atoms with Gasteiger partial charge in [-0.15, -0.1) is 11.3 Å². The van der Waals surface area contributed by atoms with Gasteiger partial charge in [0.15, 0.2) is 0 Å². The maximum atomic E-state index is 11.4. The standard InChI is InChI=1S/C12H16N2O2S2/c1-2-18(15,16)10-4-7-14-8-6-13-12(14)11-5-3-9-17-11/h3,5-6,8-9H,2,4,7,10H2,1H3. The largest absolute Gasteiger partial charge is 0.330 e. The van der Waals surface area contributed by atoms with E-state index in [0.29, 0.717) is 13.0 Å². The predicted octanol–water partition coefficient (Wildman–Crippen LogP) is 2.44. The highest BCUT2D eigenvalue weighted by molar-refractivity contribution is 7.91. The van der Waals surface area contributed by atoms with E-state index in [1.54, 1.807) is 24.5 Å². The summed E-state index contributed by atoms with van der Waals surface area (Å²) in [4.78, 5) is 5.43. The van der Waals surface area contributed by atoms with E-state index in [1.807, 2.05) is 28.3 Å². The number of sulfone groups is 1. The second kappa shape index (κ2) is 5.67. The van der Waals surface area contributed by atoms with E-state index in [4.69, 9.17) is 0 Å². The number of hydrogen-bond acceptors (Lipinski definition) is 4. The Hall–Kier alpha value is -1.14. The third kappa shape index (κ3) is 3.20. The summed E-state index contributed by atoms with van der Waals surface area (Å²) in [5.74, 6) is 1.37. The molecule has 0 atom stereocenters. The first-order chi connectivity index (χ1) is 8.62. The second-order valence-electron chi connectivity index (χ2n) is 4.01. The normalized spacial score (nSPS) is 11.8. The first kappa shape index (κ1) is 13.3. The molecule has 0 amide bonds. The van der Waals surface area contributed by atoms with Crippen molar-refractivity contribution in [1.29, 1.82) is 0 Å². The summed E-state index contributed by atoms with van der Waals surface area (Å²) < 4.78 is 24.8. The summed E-state index contributed by atoms with van der Waals surface area (Å²) in [6, 6.07) is 4.01. The Morgan fingerprint density at radius 3 is 2.94 bits per heavy atom. The van der Waals surface area contributed by atoms with Crippen LogP contribution < -0.4 is 0 Å². The van der Waals surface area contributed by atoms with Gasteiger partial charge >= 0.3 is 0 Å². The van der Waals surface area contributed by atoms with Gasteiger partial charge in [-0.05, 0) is 17.9 Å². The monoisotopic (exact) mass is 284 g/mol. The molecule has 0 fully saturated rings. The minimum atomic E-state index is -2.87. The van der Waals surface area contributed by atoms with Crippen LogP contribution in [-0.4, -0.2) is 29.5 Å². The minimum Gasteiger partial charge on any atom is -0.330 e. The molecule has 0 aliphatic heterocycles. The Morgan fingerprint density at radius 1 is 1.44 bits per heavy atom. The van der Waals surface area contributed by atoms with Crippen molar-refractivity contribution in [3.63, 3.8) is 0 Å². The third-order valence-electron chi connectivity index (χ3n) is 2.75. The lowest BCUT2D eigenvalue weighted by molar-refractivity contribution is 0.588. The number of hydrogen-bond donors (Lipinski definition) is 0. The molecule has 0 bridgehead atoms. The van der Waals surface area contributed by atoms with Crippen LogP contribution in [0.5, 0.6) is 0 Å². The number of aryl methyl sites for hydroxylation is 1. The van der Waals surface area contributed by atoms with Gasteiger partial charge in [0.05, 0.1) is 10.6 Å². The van der Waals surface area contributed by atoms with Gasteiger partial charge in [-0.2, -0.15) is 0 Å². The lowest BCUT2D eigenvalue weighted by Crippen LogP contribution is -2.11. The van der Waals surface area contributed by atoms with Gasteiger partial charge in [0.1, 0.15) is 15.7 Å². The summed E-state index contributed by atoms with van der Waals surface area (Å²) in [5.41, 5.74) is 0. The molecule has 0 saturated heterocycles. The van der Waals surface area contributed by atoms with Gasteiger partial charge in [-0.25, -0.2) is 13.4 Å². The smallest absolute Gasteiger partial charge is 0.150 e. The fraction of sp³-hybridized carbons (Fsp3) is 0.417. The summed E-state index contributed by atoms with van der Waals surface area (Å²) in [5, 5.41) is 2.01. The number of nitrogens with zero attached hydrogens (tertiary/aromatic N) is 2. The highest BCUT2D eigenvalue weighted by Gasteiger charge is 2.09. The molecule has 98 valence electrons. The maximum absolute atomic E-state index is 11.4. The average Bonchev–Trinajstić information content (AvgIpc) is 2.98. The zero-order valence-corrected chi connectivity index (χ0v) is 11.9. The molecule has 0 unspecified atom stereocenters. The Balaban J connectivity index is 2.01. The van der Waals surface area contributed by atoms with E-state index in [2.05, 4.69) is 4.98 Å². The van der Waals surface area contributed by atoms with Gasteiger partial charge in [0, 0.05) is 24.7 Å². The van der Waals surface area contributed by atoms with E-state index in [1.165, 1.54) is 0 Å². The van der Waals surface area contributed by atoms with Crippen LogP contribution in [0.2, 0.25) is 0 Å². The van der Waals surface area contributed by atoms with Gasteiger partial charge in [-0.3, -0.25) is 0 Å². The summed E-state index contributed by atoms with van der Waals surface area (Å²) in [6.07, 6.45) is 4.28. The van der Waals surface area contributed by atoms with Crippen LogP contribution in [0, 0.1) is 0 Å². The van der Waals surface area contributed by atoms with Crippen LogP contribution in [-0.2, 0) is 16.4 Å². The topological polar surface area (TPSA) is 52.0 Å². The molecule has 2 aromatic heterocycles. The summed E-state index contributed by atoms with van der Waals surface area (Å²) in [6.45, 7) is 2.37. The molecule has 0 N–H and O–H groups in total. The first-order valence-corrected chi connectivity index (χ1v) is 8.58. The van der Waals surface area contributed by atoms with Crippen molar-refractivity contribution < 1.29 is 8.42 Å². The zero-order chi connectivity index (χ0) is 13.0. The molecule has 0 saturated carbocycles. The van der Waals surface area contributed by atoms with E-state index < -0.39 is 9.84 Å². The molecule has 2 aromatic rings. The van der Waals surface area contributed by atoms with Gasteiger partial charge in [0.2, 0.25) is 0 Å². The number of thiophene rings is 1. The van der Waals surface area contributed by atoms with E-state index in [9.17, 15) is 8.42 Å². The number of imidazole rings is 1. The van der Waals surface area contributed by atoms with Crippen LogP contribution in [0.4, 0.5) is 0 Å².